The zero-order valence-corrected chi connectivity index (χ0v) is 14.8. The molecule has 0 aliphatic carbocycles. The highest BCUT2D eigenvalue weighted by atomic mass is 35.5. The first-order valence-corrected chi connectivity index (χ1v) is 9.19. The summed E-state index contributed by atoms with van der Waals surface area (Å²) in [5.41, 5.74) is 0. The maximum absolute atomic E-state index is 13.9. The van der Waals surface area contributed by atoms with Crippen LogP contribution in [-0.4, -0.2) is 62.3 Å². The molecule has 1 aromatic carbocycles. The van der Waals surface area contributed by atoms with Crippen LogP contribution in [0.25, 0.3) is 0 Å². The molecular formula is C15H21ClFN3O3S. The summed E-state index contributed by atoms with van der Waals surface area (Å²) in [6, 6.07) is 5.27. The van der Waals surface area contributed by atoms with E-state index in [0.717, 1.165) is 12.5 Å². The maximum atomic E-state index is 13.9. The van der Waals surface area contributed by atoms with Crippen molar-refractivity contribution in [2.24, 2.45) is 0 Å². The molecule has 0 saturated carbocycles. The van der Waals surface area contributed by atoms with Gasteiger partial charge in [0.1, 0.15) is 10.7 Å². The lowest BCUT2D eigenvalue weighted by atomic mass is 10.1. The van der Waals surface area contributed by atoms with Gasteiger partial charge in [-0.05, 0) is 25.0 Å². The van der Waals surface area contributed by atoms with Gasteiger partial charge in [-0.15, -0.1) is 12.4 Å². The highest BCUT2D eigenvalue weighted by Gasteiger charge is 2.36. The smallest absolute Gasteiger partial charge is 0.246 e. The number of carbonyl (C=O) groups is 1. The van der Waals surface area contributed by atoms with Crippen LogP contribution < -0.4 is 5.32 Å². The minimum atomic E-state index is -3.88. The first-order chi connectivity index (χ1) is 11.0. The number of sulfonamides is 1. The lowest BCUT2D eigenvalue weighted by molar-refractivity contribution is -0.135. The zero-order chi connectivity index (χ0) is 16.4. The Kier molecular flexibility index (Phi) is 6.19. The highest BCUT2D eigenvalue weighted by Crippen LogP contribution is 2.25. The maximum Gasteiger partial charge on any atom is 0.246 e. The van der Waals surface area contributed by atoms with Crippen molar-refractivity contribution in [2.45, 2.75) is 23.8 Å². The normalized spacial score (nSPS) is 23.0. The molecule has 1 amide bonds. The monoisotopic (exact) mass is 377 g/mol. The number of piperazine rings is 1. The quantitative estimate of drug-likeness (QED) is 0.847. The van der Waals surface area contributed by atoms with Crippen LogP contribution in [0.1, 0.15) is 12.8 Å². The minimum Gasteiger partial charge on any atom is -0.336 e. The second kappa shape index (κ2) is 7.77. The fourth-order valence-electron chi connectivity index (χ4n) is 3.19. The summed E-state index contributed by atoms with van der Waals surface area (Å²) in [4.78, 5) is 13.5. The van der Waals surface area contributed by atoms with E-state index < -0.39 is 15.8 Å². The van der Waals surface area contributed by atoms with E-state index in [4.69, 9.17) is 0 Å². The van der Waals surface area contributed by atoms with Gasteiger partial charge in [-0.3, -0.25) is 4.79 Å². The summed E-state index contributed by atoms with van der Waals surface area (Å²) in [5.74, 6) is -0.751. The first-order valence-electron chi connectivity index (χ1n) is 7.75. The van der Waals surface area contributed by atoms with E-state index in [2.05, 4.69) is 5.32 Å². The van der Waals surface area contributed by atoms with Crippen molar-refractivity contribution in [3.63, 3.8) is 0 Å². The summed E-state index contributed by atoms with van der Waals surface area (Å²) in [6.45, 7) is 2.16. The van der Waals surface area contributed by atoms with Crippen LogP contribution in [0.4, 0.5) is 4.39 Å². The molecule has 134 valence electrons. The van der Waals surface area contributed by atoms with Crippen molar-refractivity contribution in [3.8, 4) is 0 Å². The summed E-state index contributed by atoms with van der Waals surface area (Å²) < 4.78 is 40.6. The van der Waals surface area contributed by atoms with Gasteiger partial charge >= 0.3 is 0 Å². The number of hydrogen-bond donors (Lipinski definition) is 1. The summed E-state index contributed by atoms with van der Waals surface area (Å²) in [7, 11) is -3.88. The third kappa shape index (κ3) is 3.72. The van der Waals surface area contributed by atoms with E-state index in [1.54, 1.807) is 4.90 Å². The van der Waals surface area contributed by atoms with Crippen molar-refractivity contribution in [1.29, 1.82) is 0 Å². The number of carbonyl (C=O) groups excluding carboxylic acids is 1. The lowest BCUT2D eigenvalue weighted by Gasteiger charge is -2.40. The van der Waals surface area contributed by atoms with Crippen LogP contribution in [0, 0.1) is 5.82 Å². The summed E-state index contributed by atoms with van der Waals surface area (Å²) in [5, 5.41) is 3.01. The molecule has 0 radical (unpaired) electrons. The Labute approximate surface area is 147 Å². The standard InChI is InChI=1S/C15H20FN3O3S.ClH/c16-13-5-1-2-6-14(13)23(21,22)18-8-3-4-12(11-18)19-9-7-17-10-15(19)20;/h1-2,5-6,12,17H,3-4,7-11H2;1H. The molecule has 0 spiro atoms. The Morgan fingerprint density at radius 2 is 1.96 bits per heavy atom. The molecule has 0 aromatic heterocycles. The molecule has 1 unspecified atom stereocenters. The van der Waals surface area contributed by atoms with Gasteiger partial charge in [0.2, 0.25) is 15.9 Å². The largest absolute Gasteiger partial charge is 0.336 e. The predicted molar refractivity (Wildman–Crippen MR) is 90.0 cm³/mol. The summed E-state index contributed by atoms with van der Waals surface area (Å²) >= 11 is 0. The SMILES string of the molecule is Cl.O=C1CNCCN1C1CCCN(S(=O)(=O)c2ccccc2F)C1. The van der Waals surface area contributed by atoms with Gasteiger partial charge in [-0.1, -0.05) is 12.1 Å². The zero-order valence-electron chi connectivity index (χ0n) is 13.2. The Hall–Kier alpha value is -1.22. The molecule has 1 N–H and O–H groups in total. The predicted octanol–water partition coefficient (Wildman–Crippen LogP) is 0.832. The Bertz CT molecular complexity index is 701. The number of amides is 1. The molecule has 6 nitrogen and oxygen atoms in total. The van der Waals surface area contributed by atoms with Crippen molar-refractivity contribution in [2.75, 3.05) is 32.7 Å². The average molecular weight is 378 g/mol. The van der Waals surface area contributed by atoms with E-state index in [9.17, 15) is 17.6 Å². The van der Waals surface area contributed by atoms with Crippen LogP contribution >= 0.6 is 12.4 Å². The van der Waals surface area contributed by atoms with Gasteiger partial charge in [0.15, 0.2) is 0 Å². The third-order valence-electron chi connectivity index (χ3n) is 4.38. The van der Waals surface area contributed by atoms with E-state index >= 15 is 0 Å². The van der Waals surface area contributed by atoms with Gasteiger partial charge in [0.05, 0.1) is 6.54 Å². The highest BCUT2D eigenvalue weighted by molar-refractivity contribution is 7.89. The molecule has 9 heteroatoms. The molecule has 2 aliphatic rings. The Morgan fingerprint density at radius 3 is 2.67 bits per heavy atom. The van der Waals surface area contributed by atoms with Crippen LogP contribution in [0.5, 0.6) is 0 Å². The third-order valence-corrected chi connectivity index (χ3v) is 6.28. The first kappa shape index (κ1) is 19.1. The fraction of sp³-hybridized carbons (Fsp3) is 0.533. The van der Waals surface area contributed by atoms with Gasteiger partial charge in [0, 0.05) is 32.2 Å². The molecular weight excluding hydrogens is 357 g/mol. The number of rotatable bonds is 3. The van der Waals surface area contributed by atoms with E-state index in [-0.39, 0.29) is 42.3 Å². The molecule has 3 rings (SSSR count). The topological polar surface area (TPSA) is 69.7 Å². The number of benzene rings is 1. The van der Waals surface area contributed by atoms with Crippen molar-refractivity contribution in [1.82, 2.24) is 14.5 Å². The molecule has 0 bridgehead atoms. The number of piperidine rings is 1. The molecule has 24 heavy (non-hydrogen) atoms. The number of nitrogens with zero attached hydrogens (tertiary/aromatic N) is 2. The van der Waals surface area contributed by atoms with E-state index in [0.29, 0.717) is 26.1 Å². The van der Waals surface area contributed by atoms with E-state index in [1.165, 1.54) is 22.5 Å². The summed E-state index contributed by atoms with van der Waals surface area (Å²) in [6.07, 6.45) is 1.44. The number of hydrogen-bond acceptors (Lipinski definition) is 4. The van der Waals surface area contributed by atoms with Crippen molar-refractivity contribution >= 4 is 28.3 Å². The Balaban J connectivity index is 0.00000208. The molecule has 1 aromatic rings. The Morgan fingerprint density at radius 1 is 1.21 bits per heavy atom. The van der Waals surface area contributed by atoms with Gasteiger partial charge in [-0.25, -0.2) is 12.8 Å². The second-order valence-electron chi connectivity index (χ2n) is 5.85. The second-order valence-corrected chi connectivity index (χ2v) is 7.76. The van der Waals surface area contributed by atoms with Crippen LogP contribution in [-0.2, 0) is 14.8 Å². The van der Waals surface area contributed by atoms with Gasteiger partial charge in [-0.2, -0.15) is 4.31 Å². The molecule has 2 fully saturated rings. The van der Waals surface area contributed by atoms with Gasteiger partial charge < -0.3 is 10.2 Å². The van der Waals surface area contributed by atoms with Gasteiger partial charge in [0.25, 0.3) is 0 Å². The van der Waals surface area contributed by atoms with Crippen LogP contribution in [0.15, 0.2) is 29.2 Å². The molecule has 2 heterocycles. The average Bonchev–Trinajstić information content (AvgIpc) is 2.55. The lowest BCUT2D eigenvalue weighted by Crippen LogP contribution is -2.57. The molecule has 1 atom stereocenters. The van der Waals surface area contributed by atoms with Crippen LogP contribution in [0.2, 0.25) is 0 Å². The van der Waals surface area contributed by atoms with Crippen molar-refractivity contribution < 1.29 is 17.6 Å². The minimum absolute atomic E-state index is 0. The van der Waals surface area contributed by atoms with Crippen molar-refractivity contribution in [3.05, 3.63) is 30.1 Å². The molecule has 2 saturated heterocycles. The number of halogens is 2. The van der Waals surface area contributed by atoms with Crippen LogP contribution in [0.3, 0.4) is 0 Å². The molecule has 2 aliphatic heterocycles. The van der Waals surface area contributed by atoms with E-state index in [1.807, 2.05) is 0 Å². The number of nitrogens with one attached hydrogen (secondary N) is 1. The fourth-order valence-corrected chi connectivity index (χ4v) is 4.77.